The molecular formula is C15H25N3O. The lowest BCUT2D eigenvalue weighted by Gasteiger charge is -2.32. The van der Waals surface area contributed by atoms with Crippen LogP contribution in [0.1, 0.15) is 56.0 Å². The molecule has 0 atom stereocenters. The molecule has 0 bridgehead atoms. The normalized spacial score (nSPS) is 11.2. The van der Waals surface area contributed by atoms with Crippen LogP contribution in [0.3, 0.4) is 0 Å². The van der Waals surface area contributed by atoms with Crippen molar-refractivity contribution in [2.75, 3.05) is 5.43 Å². The SMILES string of the molecule is CCC(CC)(CC)NC(=O)c1cc(C)ccc1NN. The Kier molecular flexibility index (Phi) is 5.36. The number of hydrogen-bond acceptors (Lipinski definition) is 3. The first-order chi connectivity index (χ1) is 9.01. The molecular weight excluding hydrogens is 238 g/mol. The first-order valence-electron chi connectivity index (χ1n) is 6.91. The lowest BCUT2D eigenvalue weighted by atomic mass is 9.89. The number of amides is 1. The Hall–Kier alpha value is -1.55. The van der Waals surface area contributed by atoms with E-state index in [0.29, 0.717) is 11.3 Å². The lowest BCUT2D eigenvalue weighted by Crippen LogP contribution is -2.47. The lowest BCUT2D eigenvalue weighted by molar-refractivity contribution is 0.0889. The monoisotopic (exact) mass is 263 g/mol. The molecule has 4 heteroatoms. The van der Waals surface area contributed by atoms with Crippen LogP contribution in [0.5, 0.6) is 0 Å². The smallest absolute Gasteiger partial charge is 0.253 e. The van der Waals surface area contributed by atoms with Crippen molar-refractivity contribution in [1.82, 2.24) is 5.32 Å². The first-order valence-corrected chi connectivity index (χ1v) is 6.91. The van der Waals surface area contributed by atoms with Gasteiger partial charge in [0.25, 0.3) is 5.91 Å². The van der Waals surface area contributed by atoms with Crippen molar-refractivity contribution in [2.45, 2.75) is 52.5 Å². The van der Waals surface area contributed by atoms with E-state index in [1.165, 1.54) is 0 Å². The van der Waals surface area contributed by atoms with Crippen molar-refractivity contribution < 1.29 is 4.79 Å². The highest BCUT2D eigenvalue weighted by Gasteiger charge is 2.27. The summed E-state index contributed by atoms with van der Waals surface area (Å²) in [6, 6.07) is 5.62. The standard InChI is InChI=1S/C15H25N3O/c1-5-15(6-2,7-3)17-14(19)12-10-11(4)8-9-13(12)18-16/h8-10,18H,5-7,16H2,1-4H3,(H,17,19). The van der Waals surface area contributed by atoms with Crippen molar-refractivity contribution >= 4 is 11.6 Å². The molecule has 0 saturated carbocycles. The van der Waals surface area contributed by atoms with E-state index in [-0.39, 0.29) is 11.4 Å². The second-order valence-corrected chi connectivity index (χ2v) is 4.99. The van der Waals surface area contributed by atoms with E-state index in [1.807, 2.05) is 25.1 Å². The molecule has 0 unspecified atom stereocenters. The van der Waals surface area contributed by atoms with Gasteiger partial charge in [0.2, 0.25) is 0 Å². The van der Waals surface area contributed by atoms with Crippen LogP contribution in [0.15, 0.2) is 18.2 Å². The topological polar surface area (TPSA) is 67.2 Å². The highest BCUT2D eigenvalue weighted by molar-refractivity contribution is 6.00. The van der Waals surface area contributed by atoms with E-state index in [9.17, 15) is 4.79 Å². The zero-order chi connectivity index (χ0) is 14.5. The number of anilines is 1. The zero-order valence-corrected chi connectivity index (χ0v) is 12.3. The number of carbonyl (C=O) groups is 1. The van der Waals surface area contributed by atoms with Crippen molar-refractivity contribution in [3.63, 3.8) is 0 Å². The Morgan fingerprint density at radius 2 is 1.79 bits per heavy atom. The molecule has 0 aliphatic heterocycles. The fourth-order valence-electron chi connectivity index (χ4n) is 2.30. The van der Waals surface area contributed by atoms with E-state index < -0.39 is 0 Å². The molecule has 106 valence electrons. The summed E-state index contributed by atoms with van der Waals surface area (Å²) < 4.78 is 0. The summed E-state index contributed by atoms with van der Waals surface area (Å²) in [6.07, 6.45) is 2.76. The summed E-state index contributed by atoms with van der Waals surface area (Å²) in [5, 5.41) is 3.16. The molecule has 0 aliphatic rings. The van der Waals surface area contributed by atoms with Crippen LogP contribution in [-0.4, -0.2) is 11.4 Å². The van der Waals surface area contributed by atoms with Crippen LogP contribution in [-0.2, 0) is 0 Å². The van der Waals surface area contributed by atoms with Gasteiger partial charge in [0.1, 0.15) is 0 Å². The second-order valence-electron chi connectivity index (χ2n) is 4.99. The molecule has 4 nitrogen and oxygen atoms in total. The number of hydrogen-bond donors (Lipinski definition) is 3. The van der Waals surface area contributed by atoms with Gasteiger partial charge < -0.3 is 10.7 Å². The Morgan fingerprint density at radius 3 is 2.26 bits per heavy atom. The molecule has 19 heavy (non-hydrogen) atoms. The van der Waals surface area contributed by atoms with Gasteiger partial charge >= 0.3 is 0 Å². The Labute approximate surface area is 115 Å². The molecule has 1 rings (SSSR count). The van der Waals surface area contributed by atoms with Crippen molar-refractivity contribution in [3.8, 4) is 0 Å². The van der Waals surface area contributed by atoms with Crippen LogP contribution in [0.4, 0.5) is 5.69 Å². The quantitative estimate of drug-likeness (QED) is 0.546. The van der Waals surface area contributed by atoms with Gasteiger partial charge in [-0.15, -0.1) is 0 Å². The molecule has 1 aromatic carbocycles. The number of benzene rings is 1. The Bertz CT molecular complexity index is 431. The number of nitrogen functional groups attached to an aromatic ring is 1. The highest BCUT2D eigenvalue weighted by atomic mass is 16.1. The third kappa shape index (κ3) is 3.47. The van der Waals surface area contributed by atoms with Crippen LogP contribution >= 0.6 is 0 Å². The van der Waals surface area contributed by atoms with Gasteiger partial charge in [0, 0.05) is 5.54 Å². The minimum atomic E-state index is -0.132. The first kappa shape index (κ1) is 15.5. The van der Waals surface area contributed by atoms with Crippen molar-refractivity contribution in [2.24, 2.45) is 5.84 Å². The number of nitrogens with two attached hydrogens (primary N) is 1. The van der Waals surface area contributed by atoms with Crippen molar-refractivity contribution in [3.05, 3.63) is 29.3 Å². The fraction of sp³-hybridized carbons (Fsp3) is 0.533. The van der Waals surface area contributed by atoms with E-state index in [0.717, 1.165) is 24.8 Å². The van der Waals surface area contributed by atoms with Gasteiger partial charge in [-0.1, -0.05) is 32.4 Å². The maximum absolute atomic E-state index is 12.5. The Balaban J connectivity index is 3.03. The van der Waals surface area contributed by atoms with E-state index in [4.69, 9.17) is 5.84 Å². The largest absolute Gasteiger partial charge is 0.347 e. The number of rotatable bonds is 6. The van der Waals surface area contributed by atoms with Crippen LogP contribution in [0.25, 0.3) is 0 Å². The average molecular weight is 263 g/mol. The summed E-state index contributed by atoms with van der Waals surface area (Å²) in [5.41, 5.74) is 4.74. The molecule has 0 aromatic heterocycles. The third-order valence-electron chi connectivity index (χ3n) is 3.98. The van der Waals surface area contributed by atoms with Crippen LogP contribution < -0.4 is 16.6 Å². The summed E-state index contributed by atoms with van der Waals surface area (Å²) in [6.45, 7) is 8.27. The van der Waals surface area contributed by atoms with Gasteiger partial charge in [-0.2, -0.15) is 0 Å². The average Bonchev–Trinajstić information content (AvgIpc) is 2.44. The highest BCUT2D eigenvalue weighted by Crippen LogP contribution is 2.22. The fourth-order valence-corrected chi connectivity index (χ4v) is 2.30. The second kappa shape index (κ2) is 6.57. The molecule has 0 spiro atoms. The molecule has 0 aliphatic carbocycles. The predicted molar refractivity (Wildman–Crippen MR) is 80.1 cm³/mol. The van der Waals surface area contributed by atoms with E-state index in [2.05, 4.69) is 31.5 Å². The minimum Gasteiger partial charge on any atom is -0.347 e. The molecule has 4 N–H and O–H groups in total. The number of aryl methyl sites for hydroxylation is 1. The summed E-state index contributed by atoms with van der Waals surface area (Å²) in [5.74, 6) is 5.40. The Morgan fingerprint density at radius 1 is 1.21 bits per heavy atom. The minimum absolute atomic E-state index is 0.0674. The summed E-state index contributed by atoms with van der Waals surface area (Å²) in [7, 11) is 0. The maximum atomic E-state index is 12.5. The molecule has 1 aromatic rings. The number of carbonyl (C=O) groups excluding carboxylic acids is 1. The van der Waals surface area contributed by atoms with Gasteiger partial charge in [0.15, 0.2) is 0 Å². The molecule has 0 radical (unpaired) electrons. The van der Waals surface area contributed by atoms with Crippen LogP contribution in [0.2, 0.25) is 0 Å². The van der Waals surface area contributed by atoms with E-state index in [1.54, 1.807) is 0 Å². The van der Waals surface area contributed by atoms with Crippen LogP contribution in [0, 0.1) is 6.92 Å². The molecule has 0 heterocycles. The number of nitrogens with one attached hydrogen (secondary N) is 2. The molecule has 0 saturated heterocycles. The van der Waals surface area contributed by atoms with E-state index >= 15 is 0 Å². The maximum Gasteiger partial charge on any atom is 0.253 e. The van der Waals surface area contributed by atoms with Gasteiger partial charge in [-0.05, 0) is 38.3 Å². The van der Waals surface area contributed by atoms with Crippen molar-refractivity contribution in [1.29, 1.82) is 0 Å². The number of hydrazine groups is 1. The predicted octanol–water partition coefficient (Wildman–Crippen LogP) is 2.98. The van der Waals surface area contributed by atoms with Gasteiger partial charge in [0.05, 0.1) is 11.3 Å². The van der Waals surface area contributed by atoms with Gasteiger partial charge in [-0.25, -0.2) is 0 Å². The zero-order valence-electron chi connectivity index (χ0n) is 12.3. The van der Waals surface area contributed by atoms with Gasteiger partial charge in [-0.3, -0.25) is 10.6 Å². The third-order valence-corrected chi connectivity index (χ3v) is 3.98. The summed E-state index contributed by atoms with van der Waals surface area (Å²) >= 11 is 0. The molecule has 0 fully saturated rings. The molecule has 1 amide bonds. The summed E-state index contributed by atoms with van der Waals surface area (Å²) in [4.78, 5) is 12.5.